The van der Waals surface area contributed by atoms with E-state index in [1.54, 1.807) is 36.5 Å². The topological polar surface area (TPSA) is 64.8 Å². The SMILES string of the molecule is O=S(=O)(Cc1ccccc1)n1ncc2cc(Br)cnc21. The molecule has 0 saturated heterocycles. The second kappa shape index (κ2) is 4.99. The van der Waals surface area contributed by atoms with Gasteiger partial charge in [0.05, 0.1) is 11.9 Å². The molecule has 0 spiro atoms. The van der Waals surface area contributed by atoms with E-state index in [2.05, 4.69) is 26.0 Å². The highest BCUT2D eigenvalue weighted by atomic mass is 79.9. The van der Waals surface area contributed by atoms with Crippen molar-refractivity contribution in [3.8, 4) is 0 Å². The molecule has 0 bridgehead atoms. The first-order valence-electron chi connectivity index (χ1n) is 5.83. The quantitative estimate of drug-likeness (QED) is 0.727. The Morgan fingerprint density at radius 2 is 1.90 bits per heavy atom. The van der Waals surface area contributed by atoms with E-state index in [-0.39, 0.29) is 5.75 Å². The summed E-state index contributed by atoms with van der Waals surface area (Å²) in [5.74, 6) is -0.109. The lowest BCUT2D eigenvalue weighted by Gasteiger charge is -2.05. The highest BCUT2D eigenvalue weighted by Gasteiger charge is 2.19. The molecule has 7 heteroatoms. The number of rotatable bonds is 3. The molecule has 0 unspecified atom stereocenters. The first-order valence-corrected chi connectivity index (χ1v) is 8.23. The molecule has 5 nitrogen and oxygen atoms in total. The van der Waals surface area contributed by atoms with Gasteiger partial charge in [-0.15, -0.1) is 4.09 Å². The van der Waals surface area contributed by atoms with Crippen molar-refractivity contribution in [3.63, 3.8) is 0 Å². The third-order valence-electron chi connectivity index (χ3n) is 2.80. The van der Waals surface area contributed by atoms with Crippen LogP contribution in [0.5, 0.6) is 0 Å². The lowest BCUT2D eigenvalue weighted by Crippen LogP contribution is -2.16. The van der Waals surface area contributed by atoms with Crippen LogP contribution in [0.2, 0.25) is 0 Å². The Bertz CT molecular complexity index is 860. The molecule has 0 aliphatic rings. The Labute approximate surface area is 124 Å². The van der Waals surface area contributed by atoms with Crippen molar-refractivity contribution in [1.82, 2.24) is 14.2 Å². The van der Waals surface area contributed by atoms with Crippen molar-refractivity contribution in [2.75, 3.05) is 0 Å². The first-order chi connectivity index (χ1) is 9.56. The number of halogens is 1. The maximum atomic E-state index is 12.4. The van der Waals surface area contributed by atoms with Crippen LogP contribution in [0.1, 0.15) is 5.56 Å². The normalized spacial score (nSPS) is 11.8. The molecule has 2 aromatic heterocycles. The van der Waals surface area contributed by atoms with Crippen LogP contribution in [0.4, 0.5) is 0 Å². The Balaban J connectivity index is 2.06. The molecule has 0 radical (unpaired) electrons. The lowest BCUT2D eigenvalue weighted by molar-refractivity contribution is 0.581. The lowest BCUT2D eigenvalue weighted by atomic mass is 10.2. The molecule has 0 atom stereocenters. The van der Waals surface area contributed by atoms with Gasteiger partial charge in [0, 0.05) is 16.1 Å². The summed E-state index contributed by atoms with van der Waals surface area (Å²) in [4.78, 5) is 4.12. The average molecular weight is 352 g/mol. The first kappa shape index (κ1) is 13.3. The third-order valence-corrected chi connectivity index (χ3v) is 4.73. The number of hydrogen-bond acceptors (Lipinski definition) is 4. The smallest absolute Gasteiger partial charge is 0.235 e. The predicted molar refractivity (Wildman–Crippen MR) is 79.7 cm³/mol. The summed E-state index contributed by atoms with van der Waals surface area (Å²) in [6, 6.07) is 10.8. The van der Waals surface area contributed by atoms with Gasteiger partial charge in [-0.3, -0.25) is 0 Å². The molecule has 20 heavy (non-hydrogen) atoms. The molecule has 1 aromatic carbocycles. The van der Waals surface area contributed by atoms with E-state index in [1.165, 1.54) is 6.20 Å². The van der Waals surface area contributed by atoms with Crippen molar-refractivity contribution in [2.24, 2.45) is 0 Å². The van der Waals surface area contributed by atoms with Gasteiger partial charge >= 0.3 is 0 Å². The fourth-order valence-corrected chi connectivity index (χ4v) is 3.61. The highest BCUT2D eigenvalue weighted by Crippen LogP contribution is 2.19. The predicted octanol–water partition coefficient (Wildman–Crippen LogP) is 2.57. The summed E-state index contributed by atoms with van der Waals surface area (Å²) >= 11 is 3.30. The zero-order chi connectivity index (χ0) is 14.2. The van der Waals surface area contributed by atoms with Crippen molar-refractivity contribution >= 4 is 37.0 Å². The fourth-order valence-electron chi connectivity index (χ4n) is 1.92. The van der Waals surface area contributed by atoms with E-state index in [1.807, 2.05) is 6.07 Å². The number of pyridine rings is 1. The molecule has 3 rings (SSSR count). The molecular weight excluding hydrogens is 342 g/mol. The maximum Gasteiger partial charge on any atom is 0.259 e. The largest absolute Gasteiger partial charge is 0.259 e. The second-order valence-corrected chi connectivity index (χ2v) is 7.01. The number of fused-ring (bicyclic) bond motifs is 1. The zero-order valence-corrected chi connectivity index (χ0v) is 12.7. The van der Waals surface area contributed by atoms with Crippen molar-refractivity contribution in [2.45, 2.75) is 5.75 Å². The van der Waals surface area contributed by atoms with Gasteiger partial charge in [-0.25, -0.2) is 13.4 Å². The Hall–Kier alpha value is -1.73. The van der Waals surface area contributed by atoms with Crippen LogP contribution in [0, 0.1) is 0 Å². The van der Waals surface area contributed by atoms with Gasteiger partial charge in [-0.1, -0.05) is 30.3 Å². The van der Waals surface area contributed by atoms with Crippen LogP contribution in [0.15, 0.2) is 53.3 Å². The molecule has 3 aromatic rings. The van der Waals surface area contributed by atoms with E-state index < -0.39 is 10.0 Å². The zero-order valence-electron chi connectivity index (χ0n) is 10.3. The van der Waals surface area contributed by atoms with Gasteiger partial charge in [-0.2, -0.15) is 5.10 Å². The van der Waals surface area contributed by atoms with Gasteiger partial charge in [0.1, 0.15) is 0 Å². The Morgan fingerprint density at radius 1 is 1.15 bits per heavy atom. The summed E-state index contributed by atoms with van der Waals surface area (Å²) in [5, 5.41) is 4.63. The molecule has 102 valence electrons. The summed E-state index contributed by atoms with van der Waals surface area (Å²) in [6.07, 6.45) is 3.05. The Morgan fingerprint density at radius 3 is 2.65 bits per heavy atom. The fraction of sp³-hybridized carbons (Fsp3) is 0.0769. The summed E-state index contributed by atoms with van der Waals surface area (Å²) in [7, 11) is -3.58. The molecule has 0 saturated carbocycles. The minimum atomic E-state index is -3.58. The summed E-state index contributed by atoms with van der Waals surface area (Å²) in [6.45, 7) is 0. The molecule has 2 heterocycles. The molecular formula is C13H10BrN3O2S. The van der Waals surface area contributed by atoms with Crippen molar-refractivity contribution < 1.29 is 8.42 Å². The van der Waals surface area contributed by atoms with Gasteiger partial charge in [-0.05, 0) is 27.6 Å². The number of benzene rings is 1. The Kier molecular flexibility index (Phi) is 3.31. The van der Waals surface area contributed by atoms with Crippen LogP contribution >= 0.6 is 15.9 Å². The monoisotopic (exact) mass is 351 g/mol. The van der Waals surface area contributed by atoms with E-state index in [0.29, 0.717) is 16.6 Å². The standard InChI is InChI=1S/C13H10BrN3O2S/c14-12-6-11-7-16-17(13(11)15-8-12)20(18,19)9-10-4-2-1-3-5-10/h1-8H,9H2. The minimum absolute atomic E-state index is 0.109. The number of hydrogen-bond donors (Lipinski definition) is 0. The van der Waals surface area contributed by atoms with Crippen LogP contribution < -0.4 is 0 Å². The van der Waals surface area contributed by atoms with Crippen LogP contribution in [0.25, 0.3) is 11.0 Å². The van der Waals surface area contributed by atoms with E-state index in [4.69, 9.17) is 0 Å². The maximum absolute atomic E-state index is 12.4. The molecule has 0 fully saturated rings. The highest BCUT2D eigenvalue weighted by molar-refractivity contribution is 9.10. The van der Waals surface area contributed by atoms with Gasteiger partial charge in [0.25, 0.3) is 10.0 Å². The van der Waals surface area contributed by atoms with E-state index in [9.17, 15) is 8.42 Å². The molecule has 0 N–H and O–H groups in total. The van der Waals surface area contributed by atoms with Crippen LogP contribution in [0.3, 0.4) is 0 Å². The van der Waals surface area contributed by atoms with E-state index >= 15 is 0 Å². The molecule has 0 aliphatic heterocycles. The summed E-state index contributed by atoms with van der Waals surface area (Å²) in [5.41, 5.74) is 1.05. The van der Waals surface area contributed by atoms with Gasteiger partial charge in [0.15, 0.2) is 5.65 Å². The van der Waals surface area contributed by atoms with Crippen LogP contribution in [-0.4, -0.2) is 22.6 Å². The number of nitrogens with zero attached hydrogens (tertiary/aromatic N) is 3. The molecule has 0 amide bonds. The van der Waals surface area contributed by atoms with E-state index in [0.717, 1.165) is 8.56 Å². The molecule has 0 aliphatic carbocycles. The van der Waals surface area contributed by atoms with Gasteiger partial charge in [0.2, 0.25) is 0 Å². The minimum Gasteiger partial charge on any atom is -0.235 e. The van der Waals surface area contributed by atoms with Gasteiger partial charge < -0.3 is 0 Å². The van der Waals surface area contributed by atoms with Crippen molar-refractivity contribution in [3.05, 3.63) is 58.8 Å². The van der Waals surface area contributed by atoms with Crippen LogP contribution in [-0.2, 0) is 15.8 Å². The summed E-state index contributed by atoms with van der Waals surface area (Å²) < 4.78 is 26.6. The number of aromatic nitrogens is 3. The third kappa shape index (κ3) is 2.46. The average Bonchev–Trinajstić information content (AvgIpc) is 2.83. The second-order valence-electron chi connectivity index (χ2n) is 4.30. The van der Waals surface area contributed by atoms with Crippen molar-refractivity contribution in [1.29, 1.82) is 0 Å².